The Morgan fingerprint density at radius 2 is 1.97 bits per heavy atom. The molecule has 2 heterocycles. The number of aliphatic imine (C=N–C) groups is 1. The van der Waals surface area contributed by atoms with Gasteiger partial charge in [-0.15, -0.1) is 24.0 Å². The zero-order valence-corrected chi connectivity index (χ0v) is 20.5. The highest BCUT2D eigenvalue weighted by atomic mass is 127. The van der Waals surface area contributed by atoms with Crippen molar-refractivity contribution in [2.24, 2.45) is 4.99 Å². The zero-order valence-electron chi connectivity index (χ0n) is 17.4. The van der Waals surface area contributed by atoms with Gasteiger partial charge in [-0.3, -0.25) is 9.79 Å². The van der Waals surface area contributed by atoms with Gasteiger partial charge in [0.1, 0.15) is 0 Å². The van der Waals surface area contributed by atoms with Gasteiger partial charge in [0.15, 0.2) is 5.96 Å². The number of hydrogen-bond donors (Lipinski definition) is 1. The summed E-state index contributed by atoms with van der Waals surface area (Å²) in [5, 5.41) is 4.14. The van der Waals surface area contributed by atoms with Crippen LogP contribution in [0.4, 0.5) is 0 Å². The highest BCUT2D eigenvalue weighted by Crippen LogP contribution is 2.22. The van der Waals surface area contributed by atoms with Gasteiger partial charge in [-0.2, -0.15) is 11.8 Å². The first-order chi connectivity index (χ1) is 13.7. The minimum atomic E-state index is -0.225. The van der Waals surface area contributed by atoms with Crippen molar-refractivity contribution in [1.29, 1.82) is 0 Å². The Morgan fingerprint density at radius 3 is 2.62 bits per heavy atom. The van der Waals surface area contributed by atoms with Gasteiger partial charge in [0.05, 0.1) is 19.1 Å². The Morgan fingerprint density at radius 1 is 1.24 bits per heavy atom. The third-order valence-electron chi connectivity index (χ3n) is 5.39. The van der Waals surface area contributed by atoms with E-state index in [1.807, 2.05) is 54.0 Å². The van der Waals surface area contributed by atoms with Crippen LogP contribution in [-0.4, -0.2) is 85.7 Å². The largest absolute Gasteiger partial charge is 0.378 e. The molecular weight excluding hydrogens is 499 g/mol. The number of nitrogens with zero attached hydrogens (tertiary/aromatic N) is 3. The lowest BCUT2D eigenvalue weighted by Gasteiger charge is -2.35. The highest BCUT2D eigenvalue weighted by molar-refractivity contribution is 14.0. The maximum atomic E-state index is 13.2. The number of morpholine rings is 1. The molecule has 3 rings (SSSR count). The summed E-state index contributed by atoms with van der Waals surface area (Å²) in [6.07, 6.45) is 1.17. The number of guanidine groups is 1. The summed E-state index contributed by atoms with van der Waals surface area (Å²) in [6.45, 7) is 7.36. The Kier molecular flexibility index (Phi) is 10.6. The summed E-state index contributed by atoms with van der Waals surface area (Å²) in [7, 11) is 1.83. The van der Waals surface area contributed by atoms with E-state index in [-0.39, 0.29) is 35.8 Å². The predicted octanol–water partition coefficient (Wildman–Crippen LogP) is 2.65. The Labute approximate surface area is 195 Å². The van der Waals surface area contributed by atoms with Gasteiger partial charge in [-0.1, -0.05) is 37.3 Å². The normalized spacial score (nSPS) is 21.3. The van der Waals surface area contributed by atoms with E-state index in [4.69, 9.17) is 4.74 Å². The predicted molar refractivity (Wildman–Crippen MR) is 131 cm³/mol. The molecule has 1 aromatic rings. The Bertz CT molecular complexity index is 655. The number of benzene rings is 1. The molecule has 2 saturated heterocycles. The average molecular weight is 532 g/mol. The van der Waals surface area contributed by atoms with Crippen molar-refractivity contribution >= 4 is 47.6 Å². The van der Waals surface area contributed by atoms with E-state index in [9.17, 15) is 4.79 Å². The van der Waals surface area contributed by atoms with Crippen LogP contribution in [0.5, 0.6) is 0 Å². The number of ether oxygens (including phenoxy) is 1. The molecule has 8 heteroatoms. The summed E-state index contributed by atoms with van der Waals surface area (Å²) in [6, 6.07) is 10.1. The molecule has 162 valence electrons. The van der Waals surface area contributed by atoms with Crippen LogP contribution in [0, 0.1) is 0 Å². The van der Waals surface area contributed by atoms with Crippen molar-refractivity contribution in [1.82, 2.24) is 15.1 Å². The van der Waals surface area contributed by atoms with Crippen molar-refractivity contribution in [3.63, 3.8) is 0 Å². The third kappa shape index (κ3) is 6.75. The van der Waals surface area contributed by atoms with Gasteiger partial charge in [0.2, 0.25) is 5.91 Å². The summed E-state index contributed by atoms with van der Waals surface area (Å²) in [5.41, 5.74) is 1.04. The zero-order chi connectivity index (χ0) is 19.8. The molecule has 2 aliphatic heterocycles. The molecular formula is C21H33IN4O2S. The van der Waals surface area contributed by atoms with Crippen LogP contribution in [0.25, 0.3) is 0 Å². The van der Waals surface area contributed by atoms with Gasteiger partial charge in [0, 0.05) is 50.8 Å². The Balaban J connectivity index is 0.00000300. The number of carbonyl (C=O) groups excluding carboxylic acids is 1. The number of thioether (sulfide) groups is 1. The van der Waals surface area contributed by atoms with E-state index in [0.29, 0.717) is 38.1 Å². The molecule has 0 saturated carbocycles. The van der Waals surface area contributed by atoms with Crippen molar-refractivity contribution in [2.75, 3.05) is 58.7 Å². The third-order valence-corrected chi connectivity index (χ3v) is 6.76. The fraction of sp³-hybridized carbons (Fsp3) is 0.619. The number of hydrogen-bond acceptors (Lipinski definition) is 4. The summed E-state index contributed by atoms with van der Waals surface area (Å²) >= 11 is 2.04. The topological polar surface area (TPSA) is 57.2 Å². The molecule has 2 atom stereocenters. The molecule has 6 nitrogen and oxygen atoms in total. The second kappa shape index (κ2) is 12.6. The molecule has 2 aliphatic rings. The van der Waals surface area contributed by atoms with Crippen LogP contribution in [0.15, 0.2) is 35.3 Å². The quantitative estimate of drug-likeness (QED) is 0.359. The first kappa shape index (κ1) is 24.3. The number of carbonyl (C=O) groups is 1. The smallest absolute Gasteiger partial charge is 0.232 e. The maximum absolute atomic E-state index is 13.2. The lowest BCUT2D eigenvalue weighted by Crippen LogP contribution is -2.50. The minimum absolute atomic E-state index is 0. The van der Waals surface area contributed by atoms with E-state index in [1.165, 1.54) is 6.42 Å². The van der Waals surface area contributed by atoms with Crippen LogP contribution in [0.3, 0.4) is 0 Å². The molecule has 1 amide bonds. The van der Waals surface area contributed by atoms with Crippen LogP contribution in [-0.2, 0) is 9.53 Å². The van der Waals surface area contributed by atoms with E-state index < -0.39 is 0 Å². The number of rotatable bonds is 5. The molecule has 1 aromatic carbocycles. The summed E-state index contributed by atoms with van der Waals surface area (Å²) < 4.78 is 5.41. The first-order valence-corrected chi connectivity index (χ1v) is 11.3. The minimum Gasteiger partial charge on any atom is -0.378 e. The van der Waals surface area contributed by atoms with Gasteiger partial charge in [-0.25, -0.2) is 0 Å². The lowest BCUT2D eigenvalue weighted by molar-refractivity contribution is -0.136. The van der Waals surface area contributed by atoms with Crippen molar-refractivity contribution < 1.29 is 9.53 Å². The van der Waals surface area contributed by atoms with Crippen molar-refractivity contribution in [3.05, 3.63) is 35.9 Å². The number of nitrogens with one attached hydrogen (secondary N) is 1. The van der Waals surface area contributed by atoms with Gasteiger partial charge < -0.3 is 19.9 Å². The second-order valence-corrected chi connectivity index (χ2v) is 8.58. The van der Waals surface area contributed by atoms with E-state index in [1.54, 1.807) is 0 Å². The number of amides is 1. The fourth-order valence-corrected chi connectivity index (χ4v) is 4.90. The van der Waals surface area contributed by atoms with Gasteiger partial charge in [-0.05, 0) is 12.0 Å². The molecule has 0 aromatic heterocycles. The lowest BCUT2D eigenvalue weighted by atomic mass is 9.97. The summed E-state index contributed by atoms with van der Waals surface area (Å²) in [5.74, 6) is 1.96. The average Bonchev–Trinajstić information content (AvgIpc) is 2.77. The molecule has 0 spiro atoms. The summed E-state index contributed by atoms with van der Waals surface area (Å²) in [4.78, 5) is 22.0. The molecule has 0 aliphatic carbocycles. The molecule has 1 N–H and O–H groups in total. The Hall–Kier alpha value is -1.000. The molecule has 2 fully saturated rings. The SMILES string of the molecule is CCC1CN(C(=NC)NCC(C(=O)N2CCOCC2)c2ccccc2)CCS1.I. The molecule has 2 unspecified atom stereocenters. The second-order valence-electron chi connectivity index (χ2n) is 7.18. The maximum Gasteiger partial charge on any atom is 0.232 e. The standard InChI is InChI=1S/C21H32N4O2S.HI/c1-3-18-16-25(11-14-28-18)21(22-2)23-15-19(17-7-5-4-6-8-17)20(26)24-9-12-27-13-10-24;/h4-8,18-19H,3,9-16H2,1-2H3,(H,22,23);1H. The molecule has 0 bridgehead atoms. The van der Waals surface area contributed by atoms with E-state index >= 15 is 0 Å². The van der Waals surface area contributed by atoms with Crippen LogP contribution >= 0.6 is 35.7 Å². The van der Waals surface area contributed by atoms with Gasteiger partial charge >= 0.3 is 0 Å². The molecule has 29 heavy (non-hydrogen) atoms. The van der Waals surface area contributed by atoms with Crippen LogP contribution in [0.1, 0.15) is 24.8 Å². The van der Waals surface area contributed by atoms with E-state index in [0.717, 1.165) is 30.4 Å². The monoisotopic (exact) mass is 532 g/mol. The van der Waals surface area contributed by atoms with E-state index in [2.05, 4.69) is 22.1 Å². The molecule has 0 radical (unpaired) electrons. The number of halogens is 1. The van der Waals surface area contributed by atoms with Crippen molar-refractivity contribution in [2.45, 2.75) is 24.5 Å². The van der Waals surface area contributed by atoms with Crippen LogP contribution < -0.4 is 5.32 Å². The first-order valence-electron chi connectivity index (χ1n) is 10.2. The fourth-order valence-electron chi connectivity index (χ4n) is 3.72. The highest BCUT2D eigenvalue weighted by Gasteiger charge is 2.28. The van der Waals surface area contributed by atoms with Crippen LogP contribution in [0.2, 0.25) is 0 Å². The van der Waals surface area contributed by atoms with Crippen molar-refractivity contribution in [3.8, 4) is 0 Å². The van der Waals surface area contributed by atoms with Gasteiger partial charge in [0.25, 0.3) is 0 Å².